The van der Waals surface area contributed by atoms with E-state index in [0.29, 0.717) is 0 Å². The Morgan fingerprint density at radius 3 is 2.53 bits per heavy atom. The molecule has 1 aromatic rings. The van der Waals surface area contributed by atoms with Crippen LogP contribution >= 0.6 is 11.6 Å². The zero-order valence-electron chi connectivity index (χ0n) is 12.0. The molecule has 0 aliphatic carbocycles. The maximum Gasteiger partial charge on any atom is 0.0427 e. The van der Waals surface area contributed by atoms with Gasteiger partial charge in [-0.1, -0.05) is 31.5 Å². The van der Waals surface area contributed by atoms with E-state index in [0.717, 1.165) is 50.8 Å². The van der Waals surface area contributed by atoms with E-state index >= 15 is 0 Å². The highest BCUT2D eigenvalue weighted by atomic mass is 35.5. The second kappa shape index (κ2) is 7.13. The van der Waals surface area contributed by atoms with E-state index in [1.165, 1.54) is 11.3 Å². The van der Waals surface area contributed by atoms with Crippen LogP contribution in [-0.2, 0) is 6.54 Å². The molecule has 0 aromatic heterocycles. The third-order valence-corrected chi connectivity index (χ3v) is 4.01. The average Bonchev–Trinajstić information content (AvgIpc) is 2.46. The van der Waals surface area contributed by atoms with E-state index in [1.807, 2.05) is 6.07 Å². The number of nitrogens with zero attached hydrogens (tertiary/aromatic N) is 2. The van der Waals surface area contributed by atoms with Crippen molar-refractivity contribution in [1.82, 2.24) is 10.2 Å². The van der Waals surface area contributed by atoms with Gasteiger partial charge in [0.15, 0.2) is 0 Å². The fourth-order valence-electron chi connectivity index (χ4n) is 2.55. The van der Waals surface area contributed by atoms with Crippen LogP contribution in [0.2, 0.25) is 5.02 Å². The normalized spacial score (nSPS) is 16.9. The smallest absolute Gasteiger partial charge is 0.0427 e. The molecule has 0 atom stereocenters. The highest BCUT2D eigenvalue weighted by Crippen LogP contribution is 2.26. The Morgan fingerprint density at radius 2 is 1.89 bits per heavy atom. The molecule has 0 unspecified atom stereocenters. The second-order valence-electron chi connectivity index (χ2n) is 4.97. The Kier molecular flexibility index (Phi) is 5.49. The molecule has 1 fully saturated rings. The van der Waals surface area contributed by atoms with E-state index in [4.69, 9.17) is 11.6 Å². The SMILES string of the molecule is CCNCc1ccc(Cl)cc1N1CCN(CC)CC1. The van der Waals surface area contributed by atoms with Crippen LogP contribution < -0.4 is 10.2 Å². The fraction of sp³-hybridized carbons (Fsp3) is 0.600. The predicted molar refractivity (Wildman–Crippen MR) is 83.2 cm³/mol. The Bertz CT molecular complexity index is 400. The predicted octanol–water partition coefficient (Wildman–Crippen LogP) is 2.59. The van der Waals surface area contributed by atoms with E-state index in [1.54, 1.807) is 0 Å². The molecule has 1 saturated heterocycles. The first-order valence-corrected chi connectivity index (χ1v) is 7.58. The standard InChI is InChI=1S/C15H24ClN3/c1-3-17-12-13-5-6-14(16)11-15(13)19-9-7-18(4-2)8-10-19/h5-6,11,17H,3-4,7-10,12H2,1-2H3. The minimum Gasteiger partial charge on any atom is -0.369 e. The molecule has 1 aliphatic rings. The van der Waals surface area contributed by atoms with Crippen LogP contribution in [0.15, 0.2) is 18.2 Å². The van der Waals surface area contributed by atoms with Gasteiger partial charge in [-0.05, 0) is 30.8 Å². The first kappa shape index (κ1) is 14.6. The van der Waals surface area contributed by atoms with Crippen LogP contribution in [-0.4, -0.2) is 44.2 Å². The summed E-state index contributed by atoms with van der Waals surface area (Å²) in [7, 11) is 0. The second-order valence-corrected chi connectivity index (χ2v) is 5.41. The first-order chi connectivity index (χ1) is 9.24. The maximum absolute atomic E-state index is 6.17. The monoisotopic (exact) mass is 281 g/mol. The lowest BCUT2D eigenvalue weighted by Gasteiger charge is -2.36. The van der Waals surface area contributed by atoms with Gasteiger partial charge in [-0.2, -0.15) is 0 Å². The van der Waals surface area contributed by atoms with Gasteiger partial charge < -0.3 is 15.1 Å². The summed E-state index contributed by atoms with van der Waals surface area (Å²) in [5.74, 6) is 0. The lowest BCUT2D eigenvalue weighted by molar-refractivity contribution is 0.271. The Morgan fingerprint density at radius 1 is 1.16 bits per heavy atom. The summed E-state index contributed by atoms with van der Waals surface area (Å²) < 4.78 is 0. The summed E-state index contributed by atoms with van der Waals surface area (Å²) >= 11 is 6.17. The molecule has 0 spiro atoms. The van der Waals surface area contributed by atoms with Gasteiger partial charge in [-0.25, -0.2) is 0 Å². The number of hydrogen-bond acceptors (Lipinski definition) is 3. The van der Waals surface area contributed by atoms with Crippen LogP contribution in [0, 0.1) is 0 Å². The highest BCUT2D eigenvalue weighted by Gasteiger charge is 2.18. The van der Waals surface area contributed by atoms with Gasteiger partial charge in [-0.3, -0.25) is 0 Å². The molecule has 1 aliphatic heterocycles. The summed E-state index contributed by atoms with van der Waals surface area (Å²) in [6, 6.07) is 6.24. The minimum absolute atomic E-state index is 0.827. The molecule has 0 amide bonds. The summed E-state index contributed by atoms with van der Waals surface area (Å²) in [5, 5.41) is 4.23. The topological polar surface area (TPSA) is 18.5 Å². The number of benzene rings is 1. The van der Waals surface area contributed by atoms with Crippen molar-refractivity contribution >= 4 is 17.3 Å². The van der Waals surface area contributed by atoms with Crippen molar-refractivity contribution in [2.45, 2.75) is 20.4 Å². The van der Waals surface area contributed by atoms with E-state index in [9.17, 15) is 0 Å². The molecule has 3 nitrogen and oxygen atoms in total. The van der Waals surface area contributed by atoms with Crippen molar-refractivity contribution in [3.05, 3.63) is 28.8 Å². The summed E-state index contributed by atoms with van der Waals surface area (Å²) in [5.41, 5.74) is 2.64. The molecule has 0 bridgehead atoms. The van der Waals surface area contributed by atoms with Gasteiger partial charge in [0, 0.05) is 43.4 Å². The van der Waals surface area contributed by atoms with Gasteiger partial charge in [0.25, 0.3) is 0 Å². The highest BCUT2D eigenvalue weighted by molar-refractivity contribution is 6.30. The van der Waals surface area contributed by atoms with Gasteiger partial charge in [0.1, 0.15) is 0 Å². The van der Waals surface area contributed by atoms with Crippen LogP contribution in [0.1, 0.15) is 19.4 Å². The largest absolute Gasteiger partial charge is 0.369 e. The third kappa shape index (κ3) is 3.85. The molecule has 1 heterocycles. The molecule has 0 radical (unpaired) electrons. The van der Waals surface area contributed by atoms with Crippen LogP contribution in [0.3, 0.4) is 0 Å². The van der Waals surface area contributed by atoms with Gasteiger partial charge in [0.05, 0.1) is 0 Å². The van der Waals surface area contributed by atoms with Crippen molar-refractivity contribution in [2.75, 3.05) is 44.2 Å². The van der Waals surface area contributed by atoms with Gasteiger partial charge in [0.2, 0.25) is 0 Å². The molecule has 0 saturated carbocycles. The van der Waals surface area contributed by atoms with Crippen molar-refractivity contribution in [3.8, 4) is 0 Å². The molecular formula is C15H24ClN3. The van der Waals surface area contributed by atoms with Crippen molar-refractivity contribution in [3.63, 3.8) is 0 Å². The quantitative estimate of drug-likeness (QED) is 0.895. The zero-order chi connectivity index (χ0) is 13.7. The Hall–Kier alpha value is -0.770. The number of likely N-dealkylation sites (N-methyl/N-ethyl adjacent to an activating group) is 1. The lowest BCUT2D eigenvalue weighted by atomic mass is 10.1. The minimum atomic E-state index is 0.827. The molecule has 2 rings (SSSR count). The molecule has 19 heavy (non-hydrogen) atoms. The zero-order valence-corrected chi connectivity index (χ0v) is 12.7. The maximum atomic E-state index is 6.17. The first-order valence-electron chi connectivity index (χ1n) is 7.21. The van der Waals surface area contributed by atoms with Crippen LogP contribution in [0.25, 0.3) is 0 Å². The number of halogens is 1. The molecule has 4 heteroatoms. The van der Waals surface area contributed by atoms with E-state index in [-0.39, 0.29) is 0 Å². The van der Waals surface area contributed by atoms with E-state index in [2.05, 4.69) is 41.1 Å². The number of hydrogen-bond donors (Lipinski definition) is 1. The Labute approximate surface area is 121 Å². The number of anilines is 1. The Balaban J connectivity index is 2.11. The number of piperazine rings is 1. The molecule has 1 aromatic carbocycles. The summed E-state index contributed by atoms with van der Waals surface area (Å²) in [6.07, 6.45) is 0. The van der Waals surface area contributed by atoms with Crippen molar-refractivity contribution in [2.24, 2.45) is 0 Å². The molecule has 1 N–H and O–H groups in total. The molecular weight excluding hydrogens is 258 g/mol. The average molecular weight is 282 g/mol. The lowest BCUT2D eigenvalue weighted by Crippen LogP contribution is -2.46. The molecule has 106 valence electrons. The van der Waals surface area contributed by atoms with Crippen LogP contribution in [0.4, 0.5) is 5.69 Å². The van der Waals surface area contributed by atoms with Crippen molar-refractivity contribution < 1.29 is 0 Å². The van der Waals surface area contributed by atoms with Crippen LogP contribution in [0.5, 0.6) is 0 Å². The van der Waals surface area contributed by atoms with E-state index < -0.39 is 0 Å². The number of nitrogens with one attached hydrogen (secondary N) is 1. The fourth-order valence-corrected chi connectivity index (χ4v) is 2.71. The summed E-state index contributed by atoms with van der Waals surface area (Å²) in [6.45, 7) is 11.9. The summed E-state index contributed by atoms with van der Waals surface area (Å²) in [4.78, 5) is 4.95. The van der Waals surface area contributed by atoms with Gasteiger partial charge in [-0.15, -0.1) is 0 Å². The van der Waals surface area contributed by atoms with Crippen molar-refractivity contribution in [1.29, 1.82) is 0 Å². The van der Waals surface area contributed by atoms with Gasteiger partial charge >= 0.3 is 0 Å². The number of rotatable bonds is 5. The third-order valence-electron chi connectivity index (χ3n) is 3.77.